The number of alkyl halides is 1. The monoisotopic (exact) mass is 186 g/mol. The molecule has 0 N–H and O–H groups in total. The van der Waals surface area contributed by atoms with Crippen molar-refractivity contribution in [2.45, 2.75) is 52.1 Å². The summed E-state index contributed by atoms with van der Waals surface area (Å²) in [4.78, 5) is 10.8. The summed E-state index contributed by atoms with van der Waals surface area (Å²) in [5.41, 5.74) is 0. The maximum atomic E-state index is 12.9. The standard InChI is InChI=1S/C11H19FO/c1-8-7-11(12)6-5-10(8)4-3-9(2)13/h8,10-11H,3-7H2,1-2H3. The smallest absolute Gasteiger partial charge is 0.129 e. The Bertz CT molecular complexity index is 179. The molecule has 1 rings (SSSR count). The van der Waals surface area contributed by atoms with Crippen LogP contribution in [0.25, 0.3) is 0 Å². The fourth-order valence-corrected chi connectivity index (χ4v) is 2.21. The van der Waals surface area contributed by atoms with Crippen LogP contribution in [0.1, 0.15) is 46.0 Å². The van der Waals surface area contributed by atoms with E-state index in [1.807, 2.05) is 0 Å². The molecule has 1 nitrogen and oxygen atoms in total. The van der Waals surface area contributed by atoms with Gasteiger partial charge in [-0.05, 0) is 44.4 Å². The van der Waals surface area contributed by atoms with E-state index in [9.17, 15) is 9.18 Å². The van der Waals surface area contributed by atoms with Crippen LogP contribution in [0.4, 0.5) is 4.39 Å². The second kappa shape index (κ2) is 4.73. The van der Waals surface area contributed by atoms with Gasteiger partial charge in [0.25, 0.3) is 0 Å². The third kappa shape index (κ3) is 3.45. The topological polar surface area (TPSA) is 17.1 Å². The van der Waals surface area contributed by atoms with E-state index < -0.39 is 6.17 Å². The molecule has 0 heterocycles. The van der Waals surface area contributed by atoms with E-state index in [4.69, 9.17) is 0 Å². The lowest BCUT2D eigenvalue weighted by atomic mass is 9.77. The van der Waals surface area contributed by atoms with E-state index in [-0.39, 0.29) is 5.78 Å². The molecule has 0 radical (unpaired) electrons. The molecule has 2 heteroatoms. The highest BCUT2D eigenvalue weighted by Gasteiger charge is 2.26. The van der Waals surface area contributed by atoms with Crippen molar-refractivity contribution in [3.8, 4) is 0 Å². The van der Waals surface area contributed by atoms with Gasteiger partial charge in [-0.25, -0.2) is 4.39 Å². The normalized spacial score (nSPS) is 34.5. The zero-order valence-electron chi connectivity index (χ0n) is 8.55. The van der Waals surface area contributed by atoms with E-state index in [1.165, 1.54) is 0 Å². The SMILES string of the molecule is CC(=O)CCC1CCC(F)CC1C. The largest absolute Gasteiger partial charge is 0.300 e. The van der Waals surface area contributed by atoms with E-state index in [0.29, 0.717) is 31.1 Å². The van der Waals surface area contributed by atoms with Crippen LogP contribution >= 0.6 is 0 Å². The summed E-state index contributed by atoms with van der Waals surface area (Å²) < 4.78 is 12.9. The molecule has 0 spiro atoms. The number of hydrogen-bond donors (Lipinski definition) is 0. The van der Waals surface area contributed by atoms with Crippen molar-refractivity contribution in [1.29, 1.82) is 0 Å². The Morgan fingerprint density at radius 1 is 1.46 bits per heavy atom. The van der Waals surface area contributed by atoms with Gasteiger partial charge < -0.3 is 4.79 Å². The van der Waals surface area contributed by atoms with Gasteiger partial charge in [-0.1, -0.05) is 6.92 Å². The van der Waals surface area contributed by atoms with Crippen molar-refractivity contribution in [3.63, 3.8) is 0 Å². The van der Waals surface area contributed by atoms with Gasteiger partial charge in [-0.3, -0.25) is 0 Å². The van der Waals surface area contributed by atoms with E-state index >= 15 is 0 Å². The van der Waals surface area contributed by atoms with Crippen molar-refractivity contribution in [3.05, 3.63) is 0 Å². The molecule has 1 aliphatic rings. The van der Waals surface area contributed by atoms with Gasteiger partial charge in [-0.15, -0.1) is 0 Å². The second-order valence-electron chi connectivity index (χ2n) is 4.39. The third-order valence-corrected chi connectivity index (χ3v) is 3.15. The Morgan fingerprint density at radius 2 is 2.15 bits per heavy atom. The maximum absolute atomic E-state index is 12.9. The van der Waals surface area contributed by atoms with Crippen LogP contribution in [-0.4, -0.2) is 12.0 Å². The molecule has 1 aliphatic carbocycles. The molecule has 76 valence electrons. The summed E-state index contributed by atoms with van der Waals surface area (Å²) in [6.45, 7) is 3.74. The second-order valence-corrected chi connectivity index (χ2v) is 4.39. The summed E-state index contributed by atoms with van der Waals surface area (Å²) in [5, 5.41) is 0. The van der Waals surface area contributed by atoms with Gasteiger partial charge in [0, 0.05) is 6.42 Å². The molecule has 0 saturated heterocycles. The number of carbonyl (C=O) groups excluding carboxylic acids is 1. The molecule has 0 aromatic carbocycles. The highest BCUT2D eigenvalue weighted by molar-refractivity contribution is 5.75. The number of carbonyl (C=O) groups is 1. The maximum Gasteiger partial charge on any atom is 0.129 e. The number of rotatable bonds is 3. The van der Waals surface area contributed by atoms with Gasteiger partial charge in [0.2, 0.25) is 0 Å². The first-order valence-corrected chi connectivity index (χ1v) is 5.23. The summed E-state index contributed by atoms with van der Waals surface area (Å²) in [7, 11) is 0. The highest BCUT2D eigenvalue weighted by Crippen LogP contribution is 2.34. The Balaban J connectivity index is 2.29. The first-order chi connectivity index (χ1) is 6.09. The molecule has 0 aliphatic heterocycles. The Kier molecular flexibility index (Phi) is 3.89. The minimum absolute atomic E-state index is 0.259. The van der Waals surface area contributed by atoms with Crippen LogP contribution in [0.3, 0.4) is 0 Å². The highest BCUT2D eigenvalue weighted by atomic mass is 19.1. The Morgan fingerprint density at radius 3 is 2.69 bits per heavy atom. The Labute approximate surface area is 79.7 Å². The van der Waals surface area contributed by atoms with Crippen LogP contribution in [0.2, 0.25) is 0 Å². The summed E-state index contributed by atoms with van der Waals surface area (Å²) >= 11 is 0. The fraction of sp³-hybridized carbons (Fsp3) is 0.909. The number of ketones is 1. The molecule has 0 amide bonds. The molecular weight excluding hydrogens is 167 g/mol. The van der Waals surface area contributed by atoms with Gasteiger partial charge in [0.05, 0.1) is 0 Å². The third-order valence-electron chi connectivity index (χ3n) is 3.15. The summed E-state index contributed by atoms with van der Waals surface area (Å²) in [6, 6.07) is 0. The average molecular weight is 186 g/mol. The first-order valence-electron chi connectivity index (χ1n) is 5.23. The lowest BCUT2D eigenvalue weighted by Crippen LogP contribution is -2.24. The zero-order valence-corrected chi connectivity index (χ0v) is 8.55. The van der Waals surface area contributed by atoms with Crippen LogP contribution < -0.4 is 0 Å². The Hall–Kier alpha value is -0.400. The van der Waals surface area contributed by atoms with E-state index in [2.05, 4.69) is 6.92 Å². The molecular formula is C11H19FO. The van der Waals surface area contributed by atoms with Gasteiger partial charge in [0.15, 0.2) is 0 Å². The average Bonchev–Trinajstić information content (AvgIpc) is 2.02. The first kappa shape index (κ1) is 10.7. The molecule has 1 fully saturated rings. The predicted octanol–water partition coefficient (Wildman–Crippen LogP) is 3.13. The van der Waals surface area contributed by atoms with Crippen LogP contribution in [-0.2, 0) is 4.79 Å². The van der Waals surface area contributed by atoms with Crippen molar-refractivity contribution in [2.24, 2.45) is 11.8 Å². The van der Waals surface area contributed by atoms with Crippen molar-refractivity contribution >= 4 is 5.78 Å². The van der Waals surface area contributed by atoms with E-state index in [1.54, 1.807) is 6.92 Å². The summed E-state index contributed by atoms with van der Waals surface area (Å²) in [5.74, 6) is 1.30. The number of Topliss-reactive ketones (excluding diaryl/α,β-unsaturated/α-hetero) is 1. The minimum Gasteiger partial charge on any atom is -0.300 e. The molecule has 0 bridgehead atoms. The van der Waals surface area contributed by atoms with Gasteiger partial charge >= 0.3 is 0 Å². The number of halogens is 1. The lowest BCUT2D eigenvalue weighted by Gasteiger charge is -2.30. The van der Waals surface area contributed by atoms with Crippen LogP contribution in [0, 0.1) is 11.8 Å². The fourth-order valence-electron chi connectivity index (χ4n) is 2.21. The number of hydrogen-bond acceptors (Lipinski definition) is 1. The van der Waals surface area contributed by atoms with Crippen molar-refractivity contribution in [1.82, 2.24) is 0 Å². The molecule has 0 aromatic rings. The van der Waals surface area contributed by atoms with Gasteiger partial charge in [0.1, 0.15) is 12.0 Å². The van der Waals surface area contributed by atoms with E-state index in [0.717, 1.165) is 12.8 Å². The zero-order chi connectivity index (χ0) is 9.84. The molecule has 3 atom stereocenters. The van der Waals surface area contributed by atoms with Crippen LogP contribution in [0.5, 0.6) is 0 Å². The van der Waals surface area contributed by atoms with Crippen molar-refractivity contribution in [2.75, 3.05) is 0 Å². The van der Waals surface area contributed by atoms with Crippen LogP contribution in [0.15, 0.2) is 0 Å². The predicted molar refractivity (Wildman–Crippen MR) is 51.3 cm³/mol. The molecule has 1 saturated carbocycles. The van der Waals surface area contributed by atoms with Crippen molar-refractivity contribution < 1.29 is 9.18 Å². The molecule has 3 unspecified atom stereocenters. The lowest BCUT2D eigenvalue weighted by molar-refractivity contribution is -0.117. The molecule has 13 heavy (non-hydrogen) atoms. The minimum atomic E-state index is -0.594. The quantitative estimate of drug-likeness (QED) is 0.661. The summed E-state index contributed by atoms with van der Waals surface area (Å²) in [6.07, 6.45) is 3.41. The van der Waals surface area contributed by atoms with Gasteiger partial charge in [-0.2, -0.15) is 0 Å². The molecule has 0 aromatic heterocycles.